The van der Waals surface area contributed by atoms with E-state index in [2.05, 4.69) is 10.3 Å². The number of pyridine rings is 1. The van der Waals surface area contributed by atoms with Gasteiger partial charge in [-0.05, 0) is 25.0 Å². The molecule has 1 aromatic heterocycles. The van der Waals surface area contributed by atoms with E-state index < -0.39 is 5.97 Å². The highest BCUT2D eigenvalue weighted by Crippen LogP contribution is 2.20. The fourth-order valence-corrected chi connectivity index (χ4v) is 1.98. The number of aliphatic hydroxyl groups is 1. The molecule has 0 bridgehead atoms. The molecule has 0 amide bonds. The molecule has 0 spiro atoms. The van der Waals surface area contributed by atoms with Gasteiger partial charge in [-0.3, -0.25) is 0 Å². The van der Waals surface area contributed by atoms with Crippen molar-refractivity contribution in [1.29, 1.82) is 0 Å². The van der Waals surface area contributed by atoms with Gasteiger partial charge in [-0.1, -0.05) is 25.1 Å². The minimum absolute atomic E-state index is 0.148. The summed E-state index contributed by atoms with van der Waals surface area (Å²) in [6, 6.07) is 9.00. The fraction of sp³-hybridized carbons (Fsp3) is 0.333. The van der Waals surface area contributed by atoms with Gasteiger partial charge in [0.15, 0.2) is 0 Å². The number of aromatic nitrogens is 1. The number of fused-ring (bicyclic) bond motifs is 1. The van der Waals surface area contributed by atoms with Gasteiger partial charge in [0, 0.05) is 11.9 Å². The van der Waals surface area contributed by atoms with Crippen LogP contribution < -0.4 is 5.32 Å². The lowest BCUT2D eigenvalue weighted by atomic mass is 10.1. The van der Waals surface area contributed by atoms with Crippen molar-refractivity contribution in [2.45, 2.75) is 25.9 Å². The number of hydrogen-bond donors (Lipinski definition) is 3. The lowest BCUT2D eigenvalue weighted by Crippen LogP contribution is -2.15. The number of carboxylic acid groups (broad SMARTS) is 1. The molecule has 0 saturated carbocycles. The Balaban J connectivity index is 2.25. The SMILES string of the molecule is CCC(O)CCNc1nc2ccccc2cc1C(=O)O. The second-order valence-electron chi connectivity index (χ2n) is 4.66. The number of anilines is 1. The van der Waals surface area contributed by atoms with Gasteiger partial charge in [0.2, 0.25) is 0 Å². The van der Waals surface area contributed by atoms with Gasteiger partial charge in [-0.2, -0.15) is 0 Å². The topological polar surface area (TPSA) is 82.5 Å². The van der Waals surface area contributed by atoms with Crippen molar-refractivity contribution in [3.05, 3.63) is 35.9 Å². The first-order chi connectivity index (χ1) is 9.61. The van der Waals surface area contributed by atoms with Crippen LogP contribution in [0.25, 0.3) is 10.9 Å². The molecule has 1 heterocycles. The number of benzene rings is 1. The molecule has 106 valence electrons. The van der Waals surface area contributed by atoms with E-state index in [0.29, 0.717) is 25.2 Å². The minimum atomic E-state index is -1.01. The third-order valence-corrected chi connectivity index (χ3v) is 3.20. The van der Waals surface area contributed by atoms with Crippen LogP contribution in [0.1, 0.15) is 30.1 Å². The van der Waals surface area contributed by atoms with Gasteiger partial charge in [0.1, 0.15) is 11.4 Å². The molecule has 0 aliphatic rings. The zero-order valence-corrected chi connectivity index (χ0v) is 11.3. The highest BCUT2D eigenvalue weighted by Gasteiger charge is 2.13. The maximum atomic E-state index is 11.3. The van der Waals surface area contributed by atoms with Crippen LogP contribution in [0.15, 0.2) is 30.3 Å². The quantitative estimate of drug-likeness (QED) is 0.754. The molecule has 5 heteroatoms. The van der Waals surface area contributed by atoms with Crippen LogP contribution in [0.5, 0.6) is 0 Å². The maximum absolute atomic E-state index is 11.3. The zero-order valence-electron chi connectivity index (χ0n) is 11.3. The highest BCUT2D eigenvalue weighted by atomic mass is 16.4. The van der Waals surface area contributed by atoms with Crippen molar-refractivity contribution >= 4 is 22.7 Å². The van der Waals surface area contributed by atoms with Gasteiger partial charge < -0.3 is 15.5 Å². The molecule has 3 N–H and O–H groups in total. The van der Waals surface area contributed by atoms with E-state index in [0.717, 1.165) is 10.9 Å². The van der Waals surface area contributed by atoms with E-state index in [1.54, 1.807) is 6.07 Å². The summed E-state index contributed by atoms with van der Waals surface area (Å²) < 4.78 is 0. The molecule has 2 rings (SSSR count). The molecule has 20 heavy (non-hydrogen) atoms. The molecular weight excluding hydrogens is 256 g/mol. The van der Waals surface area contributed by atoms with E-state index in [9.17, 15) is 15.0 Å². The van der Waals surface area contributed by atoms with Gasteiger partial charge >= 0.3 is 5.97 Å². The lowest BCUT2D eigenvalue weighted by Gasteiger charge is -2.12. The molecule has 1 atom stereocenters. The Bertz CT molecular complexity index is 613. The third kappa shape index (κ3) is 3.24. The molecule has 5 nitrogen and oxygen atoms in total. The van der Waals surface area contributed by atoms with Crippen molar-refractivity contribution < 1.29 is 15.0 Å². The average molecular weight is 274 g/mol. The number of aromatic carboxylic acids is 1. The van der Waals surface area contributed by atoms with E-state index in [4.69, 9.17) is 0 Å². The van der Waals surface area contributed by atoms with Crippen LogP contribution in [-0.2, 0) is 0 Å². The fourth-order valence-electron chi connectivity index (χ4n) is 1.98. The summed E-state index contributed by atoms with van der Waals surface area (Å²) in [5.41, 5.74) is 0.894. The van der Waals surface area contributed by atoms with E-state index >= 15 is 0 Å². The molecule has 0 saturated heterocycles. The Morgan fingerprint density at radius 3 is 2.85 bits per heavy atom. The zero-order chi connectivity index (χ0) is 14.5. The smallest absolute Gasteiger partial charge is 0.339 e. The number of nitrogens with one attached hydrogen (secondary N) is 1. The number of aliphatic hydroxyl groups excluding tert-OH is 1. The van der Waals surface area contributed by atoms with Crippen molar-refractivity contribution in [3.8, 4) is 0 Å². The van der Waals surface area contributed by atoms with Crippen LogP contribution in [0.3, 0.4) is 0 Å². The summed E-state index contributed by atoms with van der Waals surface area (Å²) in [5.74, 6) is -0.665. The summed E-state index contributed by atoms with van der Waals surface area (Å²) in [5, 5.41) is 22.6. The molecule has 0 fully saturated rings. The third-order valence-electron chi connectivity index (χ3n) is 3.20. The normalized spacial score (nSPS) is 12.3. The maximum Gasteiger partial charge on any atom is 0.339 e. The number of nitrogens with zero attached hydrogens (tertiary/aromatic N) is 1. The van der Waals surface area contributed by atoms with Gasteiger partial charge in [0.05, 0.1) is 11.6 Å². The van der Waals surface area contributed by atoms with Crippen LogP contribution in [0.4, 0.5) is 5.82 Å². The Hall–Kier alpha value is -2.14. The monoisotopic (exact) mass is 274 g/mol. The van der Waals surface area contributed by atoms with E-state index in [1.165, 1.54) is 0 Å². The summed E-state index contributed by atoms with van der Waals surface area (Å²) in [6.45, 7) is 2.39. The van der Waals surface area contributed by atoms with Crippen LogP contribution in [0, 0.1) is 0 Å². The Kier molecular flexibility index (Phi) is 4.53. The Morgan fingerprint density at radius 2 is 2.15 bits per heavy atom. The molecule has 1 unspecified atom stereocenters. The van der Waals surface area contributed by atoms with Gasteiger partial charge in [0.25, 0.3) is 0 Å². The van der Waals surface area contributed by atoms with Crippen molar-refractivity contribution in [2.75, 3.05) is 11.9 Å². The number of carboxylic acids is 1. The van der Waals surface area contributed by atoms with Gasteiger partial charge in [-0.25, -0.2) is 9.78 Å². The van der Waals surface area contributed by atoms with Gasteiger partial charge in [-0.15, -0.1) is 0 Å². The first-order valence-electron chi connectivity index (χ1n) is 6.67. The number of para-hydroxylation sites is 1. The summed E-state index contributed by atoms with van der Waals surface area (Å²) in [7, 11) is 0. The van der Waals surface area contributed by atoms with Crippen LogP contribution in [0.2, 0.25) is 0 Å². The Labute approximate surface area is 117 Å². The first-order valence-corrected chi connectivity index (χ1v) is 6.67. The number of hydrogen-bond acceptors (Lipinski definition) is 4. The summed E-state index contributed by atoms with van der Waals surface area (Å²) in [4.78, 5) is 15.6. The van der Waals surface area contributed by atoms with Crippen LogP contribution >= 0.6 is 0 Å². The standard InChI is InChI=1S/C15H18N2O3/c1-2-11(18)7-8-16-14-12(15(19)20)9-10-5-3-4-6-13(10)17-14/h3-6,9,11,18H,2,7-8H2,1H3,(H,16,17)(H,19,20). The average Bonchev–Trinajstić information content (AvgIpc) is 2.46. The molecule has 0 radical (unpaired) electrons. The lowest BCUT2D eigenvalue weighted by molar-refractivity contribution is 0.0698. The second-order valence-corrected chi connectivity index (χ2v) is 4.66. The number of carbonyl (C=O) groups is 1. The first kappa shape index (κ1) is 14.3. The van der Waals surface area contributed by atoms with E-state index in [-0.39, 0.29) is 11.7 Å². The minimum Gasteiger partial charge on any atom is -0.478 e. The van der Waals surface area contributed by atoms with Crippen molar-refractivity contribution in [2.24, 2.45) is 0 Å². The van der Waals surface area contributed by atoms with Crippen molar-refractivity contribution in [1.82, 2.24) is 4.98 Å². The largest absolute Gasteiger partial charge is 0.478 e. The summed E-state index contributed by atoms with van der Waals surface area (Å²) in [6.07, 6.45) is 0.860. The molecular formula is C15H18N2O3. The van der Waals surface area contributed by atoms with Crippen molar-refractivity contribution in [3.63, 3.8) is 0 Å². The summed E-state index contributed by atoms with van der Waals surface area (Å²) >= 11 is 0. The molecule has 1 aromatic carbocycles. The number of rotatable bonds is 6. The predicted octanol–water partition coefficient (Wildman–Crippen LogP) is 2.51. The molecule has 0 aliphatic carbocycles. The highest BCUT2D eigenvalue weighted by molar-refractivity contribution is 5.98. The van der Waals surface area contributed by atoms with E-state index in [1.807, 2.05) is 31.2 Å². The van der Waals surface area contributed by atoms with Crippen LogP contribution in [-0.4, -0.2) is 33.8 Å². The Morgan fingerprint density at radius 1 is 1.40 bits per heavy atom. The molecule has 2 aromatic rings. The second kappa shape index (κ2) is 6.34. The molecule has 0 aliphatic heterocycles. The predicted molar refractivity (Wildman–Crippen MR) is 78.1 cm³/mol.